The fourth-order valence-corrected chi connectivity index (χ4v) is 1.86. The van der Waals surface area contributed by atoms with E-state index in [0.717, 1.165) is 12.1 Å². The first-order valence-corrected chi connectivity index (χ1v) is 6.67. The molecule has 1 aromatic carbocycles. The van der Waals surface area contributed by atoms with Crippen molar-refractivity contribution in [1.82, 2.24) is 10.2 Å². The first-order chi connectivity index (χ1) is 8.91. The van der Waals surface area contributed by atoms with E-state index in [1.165, 1.54) is 0 Å². The Kier molecular flexibility index (Phi) is 5.99. The number of carbonyl (C=O) groups is 1. The van der Waals surface area contributed by atoms with E-state index in [9.17, 15) is 4.79 Å². The molecule has 1 amide bonds. The van der Waals surface area contributed by atoms with Crippen LogP contribution in [0, 0.1) is 5.92 Å². The SMILES string of the molecule is CC(C)[C@@H](N)C(=O)NC(CN(C)C)c1ccccc1. The number of rotatable bonds is 6. The zero-order valence-corrected chi connectivity index (χ0v) is 12.3. The van der Waals surface area contributed by atoms with Gasteiger partial charge in [0.25, 0.3) is 0 Å². The van der Waals surface area contributed by atoms with E-state index in [1.807, 2.05) is 58.3 Å². The standard InChI is InChI=1S/C15H25N3O/c1-11(2)14(16)15(19)17-13(10-18(3)4)12-8-6-5-7-9-12/h5-9,11,13-14H,10,16H2,1-4H3,(H,17,19)/t13?,14-/m1/s1. The van der Waals surface area contributed by atoms with Gasteiger partial charge in [0.1, 0.15) is 0 Å². The van der Waals surface area contributed by atoms with Crippen LogP contribution >= 0.6 is 0 Å². The van der Waals surface area contributed by atoms with E-state index < -0.39 is 6.04 Å². The Morgan fingerprint density at radius 1 is 1.26 bits per heavy atom. The molecule has 0 bridgehead atoms. The summed E-state index contributed by atoms with van der Waals surface area (Å²) in [7, 11) is 3.98. The summed E-state index contributed by atoms with van der Waals surface area (Å²) in [6.45, 7) is 4.65. The Morgan fingerprint density at radius 2 is 1.84 bits per heavy atom. The fraction of sp³-hybridized carbons (Fsp3) is 0.533. The lowest BCUT2D eigenvalue weighted by Gasteiger charge is -2.25. The number of hydrogen-bond donors (Lipinski definition) is 2. The Bertz CT molecular complexity index is 390. The van der Waals surface area contributed by atoms with E-state index in [0.29, 0.717) is 0 Å². The molecular formula is C15H25N3O. The zero-order valence-electron chi connectivity index (χ0n) is 12.3. The lowest BCUT2D eigenvalue weighted by atomic mass is 10.0. The summed E-state index contributed by atoms with van der Waals surface area (Å²) in [6.07, 6.45) is 0. The summed E-state index contributed by atoms with van der Waals surface area (Å²) < 4.78 is 0. The zero-order chi connectivity index (χ0) is 14.4. The van der Waals surface area contributed by atoms with Crippen LogP contribution in [0.4, 0.5) is 0 Å². The lowest BCUT2D eigenvalue weighted by molar-refractivity contribution is -0.124. The van der Waals surface area contributed by atoms with Gasteiger partial charge in [0.15, 0.2) is 0 Å². The van der Waals surface area contributed by atoms with E-state index in [4.69, 9.17) is 5.73 Å². The van der Waals surface area contributed by atoms with Crippen LogP contribution < -0.4 is 11.1 Å². The average Bonchev–Trinajstić information content (AvgIpc) is 2.37. The summed E-state index contributed by atoms with van der Waals surface area (Å²) in [5, 5.41) is 3.04. The molecule has 1 rings (SSSR count). The molecule has 106 valence electrons. The van der Waals surface area contributed by atoms with Crippen molar-refractivity contribution >= 4 is 5.91 Å². The molecule has 1 unspecified atom stereocenters. The maximum Gasteiger partial charge on any atom is 0.237 e. The number of nitrogens with zero attached hydrogens (tertiary/aromatic N) is 1. The minimum Gasteiger partial charge on any atom is -0.347 e. The van der Waals surface area contributed by atoms with Crippen molar-refractivity contribution in [3.05, 3.63) is 35.9 Å². The topological polar surface area (TPSA) is 58.4 Å². The molecule has 0 saturated heterocycles. The van der Waals surface area contributed by atoms with E-state index in [1.54, 1.807) is 0 Å². The first-order valence-electron chi connectivity index (χ1n) is 6.67. The van der Waals surface area contributed by atoms with Crippen LogP contribution in [-0.4, -0.2) is 37.5 Å². The summed E-state index contributed by atoms with van der Waals surface area (Å²) in [5.41, 5.74) is 6.99. The molecular weight excluding hydrogens is 238 g/mol. The number of nitrogens with two attached hydrogens (primary N) is 1. The minimum atomic E-state index is -0.464. The number of hydrogen-bond acceptors (Lipinski definition) is 3. The molecule has 19 heavy (non-hydrogen) atoms. The number of carbonyl (C=O) groups excluding carboxylic acids is 1. The average molecular weight is 263 g/mol. The fourth-order valence-electron chi connectivity index (χ4n) is 1.86. The molecule has 0 saturated carbocycles. The third kappa shape index (κ3) is 5.01. The minimum absolute atomic E-state index is 0.0338. The second kappa shape index (κ2) is 7.26. The molecule has 0 aliphatic heterocycles. The van der Waals surface area contributed by atoms with Gasteiger partial charge in [-0.25, -0.2) is 0 Å². The van der Waals surface area contributed by atoms with Crippen molar-refractivity contribution in [3.63, 3.8) is 0 Å². The molecule has 4 nitrogen and oxygen atoms in total. The van der Waals surface area contributed by atoms with Crippen LogP contribution in [0.1, 0.15) is 25.5 Å². The predicted molar refractivity (Wildman–Crippen MR) is 78.7 cm³/mol. The van der Waals surface area contributed by atoms with Crippen LogP contribution in [0.15, 0.2) is 30.3 Å². The number of amides is 1. The molecule has 3 N–H and O–H groups in total. The number of nitrogens with one attached hydrogen (secondary N) is 1. The molecule has 0 spiro atoms. The van der Waals surface area contributed by atoms with E-state index in [-0.39, 0.29) is 17.9 Å². The molecule has 0 fully saturated rings. The Hall–Kier alpha value is -1.39. The lowest BCUT2D eigenvalue weighted by Crippen LogP contribution is -2.47. The maximum absolute atomic E-state index is 12.1. The predicted octanol–water partition coefficient (Wildman–Crippen LogP) is 1.39. The highest BCUT2D eigenvalue weighted by Crippen LogP contribution is 2.14. The monoisotopic (exact) mass is 263 g/mol. The summed E-state index contributed by atoms with van der Waals surface area (Å²) in [6, 6.07) is 9.48. The van der Waals surface area contributed by atoms with Crippen molar-refractivity contribution in [3.8, 4) is 0 Å². The Balaban J connectivity index is 2.79. The highest BCUT2D eigenvalue weighted by atomic mass is 16.2. The largest absolute Gasteiger partial charge is 0.347 e. The van der Waals surface area contributed by atoms with Gasteiger partial charge in [0.05, 0.1) is 12.1 Å². The second-order valence-corrected chi connectivity index (χ2v) is 5.50. The molecule has 1 aromatic rings. The smallest absolute Gasteiger partial charge is 0.237 e. The quantitative estimate of drug-likeness (QED) is 0.815. The first kappa shape index (κ1) is 15.7. The Morgan fingerprint density at radius 3 is 2.32 bits per heavy atom. The van der Waals surface area contributed by atoms with Gasteiger partial charge in [0.2, 0.25) is 5.91 Å². The van der Waals surface area contributed by atoms with Crippen molar-refractivity contribution in [2.45, 2.75) is 25.9 Å². The van der Waals surface area contributed by atoms with Gasteiger partial charge in [-0.05, 0) is 25.6 Å². The van der Waals surface area contributed by atoms with Crippen LogP contribution in [0.2, 0.25) is 0 Å². The third-order valence-electron chi connectivity index (χ3n) is 3.09. The van der Waals surface area contributed by atoms with Gasteiger partial charge in [-0.15, -0.1) is 0 Å². The highest BCUT2D eigenvalue weighted by Gasteiger charge is 2.21. The molecule has 0 heterocycles. The van der Waals surface area contributed by atoms with Gasteiger partial charge >= 0.3 is 0 Å². The van der Waals surface area contributed by atoms with Crippen molar-refractivity contribution in [1.29, 1.82) is 0 Å². The van der Waals surface area contributed by atoms with Crippen molar-refractivity contribution in [2.24, 2.45) is 11.7 Å². The highest BCUT2D eigenvalue weighted by molar-refractivity contribution is 5.82. The second-order valence-electron chi connectivity index (χ2n) is 5.50. The van der Waals surface area contributed by atoms with Gasteiger partial charge in [-0.1, -0.05) is 44.2 Å². The van der Waals surface area contributed by atoms with E-state index in [2.05, 4.69) is 10.2 Å². The third-order valence-corrected chi connectivity index (χ3v) is 3.09. The molecule has 0 aliphatic rings. The van der Waals surface area contributed by atoms with Gasteiger partial charge in [-0.3, -0.25) is 4.79 Å². The van der Waals surface area contributed by atoms with Gasteiger partial charge in [0, 0.05) is 6.54 Å². The normalized spacial score (nSPS) is 14.5. The molecule has 0 aliphatic carbocycles. The molecule has 0 radical (unpaired) electrons. The van der Waals surface area contributed by atoms with Crippen molar-refractivity contribution in [2.75, 3.05) is 20.6 Å². The Labute approximate surface area is 116 Å². The van der Waals surface area contributed by atoms with Gasteiger partial charge in [-0.2, -0.15) is 0 Å². The van der Waals surface area contributed by atoms with Crippen LogP contribution in [0.25, 0.3) is 0 Å². The summed E-state index contributed by atoms with van der Waals surface area (Å²) in [4.78, 5) is 14.1. The molecule has 2 atom stereocenters. The van der Waals surface area contributed by atoms with Gasteiger partial charge < -0.3 is 16.0 Å². The summed E-state index contributed by atoms with van der Waals surface area (Å²) >= 11 is 0. The molecule has 4 heteroatoms. The maximum atomic E-state index is 12.1. The molecule has 0 aromatic heterocycles. The number of likely N-dealkylation sites (N-methyl/N-ethyl adjacent to an activating group) is 1. The van der Waals surface area contributed by atoms with E-state index >= 15 is 0 Å². The van der Waals surface area contributed by atoms with Crippen LogP contribution in [0.3, 0.4) is 0 Å². The van der Waals surface area contributed by atoms with Crippen LogP contribution in [-0.2, 0) is 4.79 Å². The number of benzene rings is 1. The summed E-state index contributed by atoms with van der Waals surface area (Å²) in [5.74, 6) is 0.0430. The van der Waals surface area contributed by atoms with Crippen LogP contribution in [0.5, 0.6) is 0 Å². The van der Waals surface area contributed by atoms with Crippen molar-refractivity contribution < 1.29 is 4.79 Å².